The zero-order valence-electron chi connectivity index (χ0n) is 12.9. The summed E-state index contributed by atoms with van der Waals surface area (Å²) in [6.07, 6.45) is 12.3. The van der Waals surface area contributed by atoms with Crippen molar-refractivity contribution < 1.29 is 0 Å². The fourth-order valence-corrected chi connectivity index (χ4v) is 2.33. The highest BCUT2D eigenvalue weighted by Gasteiger charge is 2.09. The lowest BCUT2D eigenvalue weighted by Crippen LogP contribution is -2.29. The standard InChI is InChI=1S/C15H30N4/c1-4-6-8-10-14(11-9-7-5-2)16-12-15-17-13-19(3)18-15/h13-14,16H,4-12H2,1-3H3. The molecule has 0 aliphatic rings. The van der Waals surface area contributed by atoms with Gasteiger partial charge in [0.2, 0.25) is 0 Å². The Morgan fingerprint density at radius 2 is 1.74 bits per heavy atom. The fraction of sp³-hybridized carbons (Fsp3) is 0.867. The molecule has 0 aliphatic heterocycles. The molecule has 1 N–H and O–H groups in total. The molecule has 0 saturated heterocycles. The van der Waals surface area contributed by atoms with Crippen LogP contribution in [0.15, 0.2) is 6.33 Å². The molecule has 0 unspecified atom stereocenters. The summed E-state index contributed by atoms with van der Waals surface area (Å²) >= 11 is 0. The van der Waals surface area contributed by atoms with Crippen LogP contribution in [0.2, 0.25) is 0 Å². The van der Waals surface area contributed by atoms with Gasteiger partial charge in [-0.05, 0) is 12.8 Å². The van der Waals surface area contributed by atoms with E-state index in [2.05, 4.69) is 29.2 Å². The summed E-state index contributed by atoms with van der Waals surface area (Å²) in [7, 11) is 1.91. The van der Waals surface area contributed by atoms with Gasteiger partial charge in [-0.3, -0.25) is 4.68 Å². The van der Waals surface area contributed by atoms with Crippen molar-refractivity contribution in [1.29, 1.82) is 0 Å². The van der Waals surface area contributed by atoms with E-state index in [-0.39, 0.29) is 0 Å². The van der Waals surface area contributed by atoms with Crippen LogP contribution in [-0.4, -0.2) is 20.8 Å². The van der Waals surface area contributed by atoms with Gasteiger partial charge in [0.25, 0.3) is 0 Å². The number of hydrogen-bond donors (Lipinski definition) is 1. The van der Waals surface area contributed by atoms with Crippen LogP contribution >= 0.6 is 0 Å². The third kappa shape index (κ3) is 7.31. The summed E-state index contributed by atoms with van der Waals surface area (Å²) < 4.78 is 1.76. The van der Waals surface area contributed by atoms with E-state index in [0.29, 0.717) is 6.04 Å². The van der Waals surface area contributed by atoms with Gasteiger partial charge in [0.05, 0.1) is 6.54 Å². The minimum Gasteiger partial charge on any atom is -0.307 e. The van der Waals surface area contributed by atoms with Gasteiger partial charge in [-0.25, -0.2) is 4.98 Å². The van der Waals surface area contributed by atoms with Crippen molar-refractivity contribution in [3.63, 3.8) is 0 Å². The van der Waals surface area contributed by atoms with Crippen LogP contribution in [0.5, 0.6) is 0 Å². The molecule has 0 fully saturated rings. The Morgan fingerprint density at radius 1 is 1.11 bits per heavy atom. The second-order valence-electron chi connectivity index (χ2n) is 5.40. The molecular weight excluding hydrogens is 236 g/mol. The Morgan fingerprint density at radius 3 is 2.21 bits per heavy atom. The average Bonchev–Trinajstić information content (AvgIpc) is 2.81. The number of unbranched alkanes of at least 4 members (excludes halogenated alkanes) is 4. The first-order valence-electron chi connectivity index (χ1n) is 7.84. The van der Waals surface area contributed by atoms with Gasteiger partial charge >= 0.3 is 0 Å². The molecule has 1 aromatic rings. The molecule has 1 heterocycles. The fourth-order valence-electron chi connectivity index (χ4n) is 2.33. The lowest BCUT2D eigenvalue weighted by atomic mass is 10.0. The van der Waals surface area contributed by atoms with E-state index < -0.39 is 0 Å². The van der Waals surface area contributed by atoms with Crippen molar-refractivity contribution in [2.75, 3.05) is 0 Å². The first-order valence-corrected chi connectivity index (χ1v) is 7.84. The molecule has 110 valence electrons. The highest BCUT2D eigenvalue weighted by molar-refractivity contribution is 4.81. The van der Waals surface area contributed by atoms with Gasteiger partial charge in [-0.15, -0.1) is 0 Å². The van der Waals surface area contributed by atoms with Gasteiger partial charge in [0, 0.05) is 13.1 Å². The third-order valence-electron chi connectivity index (χ3n) is 3.51. The van der Waals surface area contributed by atoms with Gasteiger partial charge in [-0.1, -0.05) is 52.4 Å². The molecule has 4 heteroatoms. The van der Waals surface area contributed by atoms with E-state index in [1.54, 1.807) is 11.0 Å². The Hall–Kier alpha value is -0.900. The molecule has 0 radical (unpaired) electrons. The molecule has 19 heavy (non-hydrogen) atoms. The molecule has 1 rings (SSSR count). The molecule has 0 bridgehead atoms. The molecule has 0 aliphatic carbocycles. The maximum atomic E-state index is 4.32. The van der Waals surface area contributed by atoms with E-state index in [0.717, 1.165) is 12.4 Å². The second-order valence-corrected chi connectivity index (χ2v) is 5.40. The Balaban J connectivity index is 2.29. The van der Waals surface area contributed by atoms with Crippen LogP contribution in [-0.2, 0) is 13.6 Å². The molecule has 1 aromatic heterocycles. The highest BCUT2D eigenvalue weighted by atomic mass is 15.3. The molecule has 0 atom stereocenters. The summed E-state index contributed by atoms with van der Waals surface area (Å²) in [5.74, 6) is 0.901. The van der Waals surface area contributed by atoms with Crippen LogP contribution in [0, 0.1) is 0 Å². The van der Waals surface area contributed by atoms with E-state index in [1.807, 2.05) is 7.05 Å². The first kappa shape index (κ1) is 16.2. The van der Waals surface area contributed by atoms with Gasteiger partial charge in [0.1, 0.15) is 6.33 Å². The predicted molar refractivity (Wildman–Crippen MR) is 79.9 cm³/mol. The van der Waals surface area contributed by atoms with Crippen molar-refractivity contribution in [1.82, 2.24) is 20.1 Å². The van der Waals surface area contributed by atoms with Crippen LogP contribution in [0.3, 0.4) is 0 Å². The number of aromatic nitrogens is 3. The smallest absolute Gasteiger partial charge is 0.164 e. The van der Waals surface area contributed by atoms with E-state index in [4.69, 9.17) is 0 Å². The Kier molecular flexibility index (Phi) is 8.47. The molecule has 0 aromatic carbocycles. The first-order chi connectivity index (χ1) is 9.26. The van der Waals surface area contributed by atoms with Crippen molar-refractivity contribution >= 4 is 0 Å². The largest absolute Gasteiger partial charge is 0.307 e. The van der Waals surface area contributed by atoms with Crippen LogP contribution < -0.4 is 5.32 Å². The van der Waals surface area contributed by atoms with Crippen molar-refractivity contribution in [2.45, 2.75) is 77.8 Å². The van der Waals surface area contributed by atoms with Crippen LogP contribution in [0.4, 0.5) is 0 Å². The van der Waals surface area contributed by atoms with Gasteiger partial charge in [0.15, 0.2) is 5.82 Å². The van der Waals surface area contributed by atoms with Crippen molar-refractivity contribution in [3.8, 4) is 0 Å². The van der Waals surface area contributed by atoms with E-state index in [1.165, 1.54) is 51.4 Å². The molecule has 0 amide bonds. The number of nitrogens with zero attached hydrogens (tertiary/aromatic N) is 3. The summed E-state index contributed by atoms with van der Waals surface area (Å²) in [4.78, 5) is 4.27. The number of rotatable bonds is 11. The van der Waals surface area contributed by atoms with Gasteiger partial charge in [-0.2, -0.15) is 5.10 Å². The lowest BCUT2D eigenvalue weighted by Gasteiger charge is -2.17. The quantitative estimate of drug-likeness (QED) is 0.624. The number of aryl methyl sites for hydroxylation is 1. The van der Waals surface area contributed by atoms with E-state index in [9.17, 15) is 0 Å². The van der Waals surface area contributed by atoms with Gasteiger partial charge < -0.3 is 5.32 Å². The second kappa shape index (κ2) is 9.96. The van der Waals surface area contributed by atoms with Crippen LogP contribution in [0.25, 0.3) is 0 Å². The summed E-state index contributed by atoms with van der Waals surface area (Å²) in [5.41, 5.74) is 0. The summed E-state index contributed by atoms with van der Waals surface area (Å²) in [5, 5.41) is 7.95. The zero-order valence-corrected chi connectivity index (χ0v) is 12.9. The number of hydrogen-bond acceptors (Lipinski definition) is 3. The SMILES string of the molecule is CCCCCC(CCCCC)NCc1ncn(C)n1. The zero-order chi connectivity index (χ0) is 13.9. The average molecular weight is 266 g/mol. The van der Waals surface area contributed by atoms with Crippen LogP contribution in [0.1, 0.15) is 71.0 Å². The minimum absolute atomic E-state index is 0.627. The lowest BCUT2D eigenvalue weighted by molar-refractivity contribution is 0.413. The maximum absolute atomic E-state index is 4.32. The van der Waals surface area contributed by atoms with E-state index >= 15 is 0 Å². The monoisotopic (exact) mass is 266 g/mol. The maximum Gasteiger partial charge on any atom is 0.164 e. The topological polar surface area (TPSA) is 42.7 Å². The Labute approximate surface area is 118 Å². The highest BCUT2D eigenvalue weighted by Crippen LogP contribution is 2.11. The molecule has 4 nitrogen and oxygen atoms in total. The molecular formula is C15H30N4. The third-order valence-corrected chi connectivity index (χ3v) is 3.51. The predicted octanol–water partition coefficient (Wildman–Crippen LogP) is 3.43. The normalized spacial score (nSPS) is 11.4. The molecule has 0 saturated carbocycles. The summed E-state index contributed by atoms with van der Waals surface area (Å²) in [6, 6.07) is 0.627. The van der Waals surface area contributed by atoms with Crippen molar-refractivity contribution in [3.05, 3.63) is 12.2 Å². The minimum atomic E-state index is 0.627. The van der Waals surface area contributed by atoms with Crippen molar-refractivity contribution in [2.24, 2.45) is 7.05 Å². The molecule has 0 spiro atoms. The number of nitrogens with one attached hydrogen (secondary N) is 1. The Bertz CT molecular complexity index is 312. The summed E-state index contributed by atoms with van der Waals surface area (Å²) in [6.45, 7) is 5.32.